The van der Waals surface area contributed by atoms with Crippen LogP contribution in [-0.4, -0.2) is 18.1 Å². The lowest BCUT2D eigenvalue weighted by molar-refractivity contribution is 0.608. The van der Waals surface area contributed by atoms with Gasteiger partial charge < -0.3 is 5.32 Å². The van der Waals surface area contributed by atoms with Gasteiger partial charge in [0, 0.05) is 17.3 Å². The normalized spacial score (nSPS) is 14.7. The van der Waals surface area contributed by atoms with Gasteiger partial charge in [0.2, 0.25) is 0 Å². The molecule has 0 saturated heterocycles. The molecular formula is C18H18ClFN2. The molecule has 0 aliphatic carbocycles. The highest BCUT2D eigenvalue weighted by Gasteiger charge is 2.08. The molecule has 1 aliphatic rings. The first kappa shape index (κ1) is 15.2. The lowest BCUT2D eigenvalue weighted by atomic mass is 10.0. The SMILES string of the molecule is Fc1cc(Cl)ccc1CCc1cccc(C2=CCNCC2)n1. The Bertz CT molecular complexity index is 697. The number of halogens is 2. The van der Waals surface area contributed by atoms with E-state index in [0.29, 0.717) is 17.0 Å². The zero-order valence-electron chi connectivity index (χ0n) is 12.3. The van der Waals surface area contributed by atoms with E-state index in [-0.39, 0.29) is 5.82 Å². The Hall–Kier alpha value is -1.71. The van der Waals surface area contributed by atoms with Crippen molar-refractivity contribution < 1.29 is 4.39 Å². The molecule has 2 aromatic rings. The molecule has 0 unspecified atom stereocenters. The van der Waals surface area contributed by atoms with E-state index in [1.54, 1.807) is 12.1 Å². The van der Waals surface area contributed by atoms with E-state index in [1.165, 1.54) is 11.6 Å². The van der Waals surface area contributed by atoms with Gasteiger partial charge in [0.05, 0.1) is 5.69 Å². The van der Waals surface area contributed by atoms with Crippen LogP contribution < -0.4 is 5.32 Å². The van der Waals surface area contributed by atoms with Gasteiger partial charge in [0.25, 0.3) is 0 Å². The Morgan fingerprint density at radius 3 is 2.86 bits per heavy atom. The topological polar surface area (TPSA) is 24.9 Å². The molecule has 1 N–H and O–H groups in total. The van der Waals surface area contributed by atoms with Crippen LogP contribution in [0.15, 0.2) is 42.5 Å². The highest BCUT2D eigenvalue weighted by Crippen LogP contribution is 2.19. The van der Waals surface area contributed by atoms with Crippen LogP contribution in [0.5, 0.6) is 0 Å². The van der Waals surface area contributed by atoms with E-state index in [4.69, 9.17) is 16.6 Å². The van der Waals surface area contributed by atoms with Gasteiger partial charge in [-0.3, -0.25) is 4.98 Å². The first-order chi connectivity index (χ1) is 10.7. The molecule has 22 heavy (non-hydrogen) atoms. The third kappa shape index (κ3) is 3.73. The summed E-state index contributed by atoms with van der Waals surface area (Å²) >= 11 is 5.78. The van der Waals surface area contributed by atoms with Crippen LogP contribution >= 0.6 is 11.6 Å². The second-order valence-corrected chi connectivity index (χ2v) is 5.87. The van der Waals surface area contributed by atoms with Gasteiger partial charge in [-0.1, -0.05) is 29.8 Å². The minimum absolute atomic E-state index is 0.246. The molecule has 114 valence electrons. The number of hydrogen-bond donors (Lipinski definition) is 1. The van der Waals surface area contributed by atoms with Gasteiger partial charge in [-0.05, 0) is 61.2 Å². The Balaban J connectivity index is 1.71. The molecule has 1 aromatic heterocycles. The van der Waals surface area contributed by atoms with E-state index >= 15 is 0 Å². The second kappa shape index (κ2) is 7.03. The fourth-order valence-electron chi connectivity index (χ4n) is 2.64. The standard InChI is InChI=1S/C18H18ClFN2/c19-15-6-4-13(17(20)12-15)5-7-16-2-1-3-18(22-16)14-8-10-21-11-9-14/h1-4,6,8,12,21H,5,7,9-11H2. The van der Waals surface area contributed by atoms with Gasteiger partial charge in [-0.2, -0.15) is 0 Å². The largest absolute Gasteiger partial charge is 0.313 e. The number of benzene rings is 1. The maximum atomic E-state index is 13.8. The number of rotatable bonds is 4. The van der Waals surface area contributed by atoms with Gasteiger partial charge >= 0.3 is 0 Å². The lowest BCUT2D eigenvalue weighted by Crippen LogP contribution is -2.20. The predicted molar refractivity (Wildman–Crippen MR) is 88.5 cm³/mol. The van der Waals surface area contributed by atoms with Crippen molar-refractivity contribution in [3.05, 3.63) is 70.3 Å². The fraction of sp³-hybridized carbons (Fsp3) is 0.278. The van der Waals surface area contributed by atoms with Crippen molar-refractivity contribution in [2.75, 3.05) is 13.1 Å². The molecule has 1 aliphatic heterocycles. The van der Waals surface area contributed by atoms with Crippen molar-refractivity contribution in [1.82, 2.24) is 10.3 Å². The van der Waals surface area contributed by atoms with Crippen LogP contribution in [0, 0.1) is 5.82 Å². The maximum absolute atomic E-state index is 13.8. The van der Waals surface area contributed by atoms with Crippen molar-refractivity contribution in [3.8, 4) is 0 Å². The van der Waals surface area contributed by atoms with Crippen LogP contribution in [-0.2, 0) is 12.8 Å². The van der Waals surface area contributed by atoms with Gasteiger partial charge in [-0.25, -0.2) is 4.39 Å². The first-order valence-corrected chi connectivity index (χ1v) is 7.90. The molecule has 0 fully saturated rings. The molecule has 0 atom stereocenters. The average molecular weight is 317 g/mol. The molecule has 0 saturated carbocycles. The van der Waals surface area contributed by atoms with E-state index < -0.39 is 0 Å². The number of pyridine rings is 1. The van der Waals surface area contributed by atoms with Crippen molar-refractivity contribution in [2.45, 2.75) is 19.3 Å². The summed E-state index contributed by atoms with van der Waals surface area (Å²) in [7, 11) is 0. The summed E-state index contributed by atoms with van der Waals surface area (Å²) in [5.41, 5.74) is 4.00. The molecule has 0 spiro atoms. The second-order valence-electron chi connectivity index (χ2n) is 5.43. The number of nitrogens with zero attached hydrogens (tertiary/aromatic N) is 1. The molecule has 4 heteroatoms. The molecule has 3 rings (SSSR count). The Kier molecular flexibility index (Phi) is 4.86. The maximum Gasteiger partial charge on any atom is 0.127 e. The smallest absolute Gasteiger partial charge is 0.127 e. The summed E-state index contributed by atoms with van der Waals surface area (Å²) in [6.45, 7) is 1.89. The van der Waals surface area contributed by atoms with Gasteiger partial charge in [-0.15, -0.1) is 0 Å². The molecule has 0 amide bonds. The van der Waals surface area contributed by atoms with Gasteiger partial charge in [0.15, 0.2) is 0 Å². The summed E-state index contributed by atoms with van der Waals surface area (Å²) < 4.78 is 13.8. The van der Waals surface area contributed by atoms with E-state index in [1.807, 2.05) is 18.2 Å². The van der Waals surface area contributed by atoms with Crippen molar-refractivity contribution in [2.24, 2.45) is 0 Å². The molecule has 2 nitrogen and oxygen atoms in total. The monoisotopic (exact) mass is 316 g/mol. The van der Waals surface area contributed by atoms with E-state index in [2.05, 4.69) is 11.4 Å². The number of nitrogens with one attached hydrogen (secondary N) is 1. The van der Waals surface area contributed by atoms with Crippen LogP contribution in [0.3, 0.4) is 0 Å². The summed E-state index contributed by atoms with van der Waals surface area (Å²) in [5, 5.41) is 3.73. The van der Waals surface area contributed by atoms with Crippen LogP contribution in [0.25, 0.3) is 5.57 Å². The summed E-state index contributed by atoms with van der Waals surface area (Å²) in [6, 6.07) is 10.9. The molecule has 2 heterocycles. The van der Waals surface area contributed by atoms with Gasteiger partial charge in [0.1, 0.15) is 5.82 Å². The molecule has 1 aromatic carbocycles. The number of hydrogen-bond acceptors (Lipinski definition) is 2. The Labute approximate surface area is 135 Å². The Morgan fingerprint density at radius 2 is 2.09 bits per heavy atom. The lowest BCUT2D eigenvalue weighted by Gasteiger charge is -2.14. The summed E-state index contributed by atoms with van der Waals surface area (Å²) in [4.78, 5) is 4.71. The minimum atomic E-state index is -0.246. The quantitative estimate of drug-likeness (QED) is 0.921. The number of aryl methyl sites for hydroxylation is 2. The Morgan fingerprint density at radius 1 is 1.18 bits per heavy atom. The van der Waals surface area contributed by atoms with Crippen molar-refractivity contribution in [3.63, 3.8) is 0 Å². The average Bonchev–Trinajstić information content (AvgIpc) is 2.55. The fourth-order valence-corrected chi connectivity index (χ4v) is 2.80. The van der Waals surface area contributed by atoms with E-state index in [9.17, 15) is 4.39 Å². The third-order valence-corrected chi connectivity index (χ3v) is 4.10. The summed E-state index contributed by atoms with van der Waals surface area (Å²) in [5.74, 6) is -0.246. The minimum Gasteiger partial charge on any atom is -0.313 e. The number of aromatic nitrogens is 1. The van der Waals surface area contributed by atoms with E-state index in [0.717, 1.165) is 37.3 Å². The molecular weight excluding hydrogens is 299 g/mol. The van der Waals surface area contributed by atoms with Crippen molar-refractivity contribution in [1.29, 1.82) is 0 Å². The highest BCUT2D eigenvalue weighted by molar-refractivity contribution is 6.30. The third-order valence-electron chi connectivity index (χ3n) is 3.87. The molecule has 0 radical (unpaired) electrons. The van der Waals surface area contributed by atoms with Crippen LogP contribution in [0.2, 0.25) is 5.02 Å². The zero-order valence-corrected chi connectivity index (χ0v) is 13.0. The van der Waals surface area contributed by atoms with Crippen molar-refractivity contribution >= 4 is 17.2 Å². The first-order valence-electron chi connectivity index (χ1n) is 7.52. The highest BCUT2D eigenvalue weighted by atomic mass is 35.5. The predicted octanol–water partition coefficient (Wildman–Crippen LogP) is 4.04. The molecule has 0 bridgehead atoms. The van der Waals surface area contributed by atoms with Crippen LogP contribution in [0.1, 0.15) is 23.4 Å². The zero-order chi connectivity index (χ0) is 15.4. The summed E-state index contributed by atoms with van der Waals surface area (Å²) in [6.07, 6.45) is 4.54. The van der Waals surface area contributed by atoms with Crippen LogP contribution in [0.4, 0.5) is 4.39 Å².